The first-order valence-corrected chi connectivity index (χ1v) is 10.1. The quantitative estimate of drug-likeness (QED) is 0.681. The van der Waals surface area contributed by atoms with Gasteiger partial charge in [0.05, 0.1) is 14.2 Å². The first-order valence-electron chi connectivity index (χ1n) is 10.1. The van der Waals surface area contributed by atoms with Crippen molar-refractivity contribution >= 4 is 12.1 Å². The molecule has 0 bridgehead atoms. The number of amides is 1. The molecule has 162 valence electrons. The largest absolute Gasteiger partial charge is 0.493 e. The molecule has 0 saturated carbocycles. The number of benzene rings is 2. The van der Waals surface area contributed by atoms with Crippen LogP contribution in [0.1, 0.15) is 29.7 Å². The average molecular weight is 423 g/mol. The zero-order valence-electron chi connectivity index (χ0n) is 17.8. The fraction of sp³-hybridized carbons (Fsp3) is 0.333. The van der Waals surface area contributed by atoms with E-state index in [0.717, 1.165) is 16.7 Å². The lowest BCUT2D eigenvalue weighted by Gasteiger charge is -2.38. The van der Waals surface area contributed by atoms with E-state index in [1.165, 1.54) is 0 Å². The van der Waals surface area contributed by atoms with E-state index >= 15 is 0 Å². The monoisotopic (exact) mass is 423 g/mol. The molecule has 7 nitrogen and oxygen atoms in total. The molecule has 2 atom stereocenters. The van der Waals surface area contributed by atoms with Gasteiger partial charge in [-0.05, 0) is 48.2 Å². The van der Waals surface area contributed by atoms with Gasteiger partial charge in [0.15, 0.2) is 11.5 Å². The zero-order valence-corrected chi connectivity index (χ0v) is 17.8. The molecule has 2 aliphatic rings. The topological polar surface area (TPSA) is 74.3 Å². The molecule has 2 aliphatic heterocycles. The summed E-state index contributed by atoms with van der Waals surface area (Å²) >= 11 is 0. The predicted octanol–water partition coefficient (Wildman–Crippen LogP) is 3.81. The van der Waals surface area contributed by atoms with Gasteiger partial charge in [-0.15, -0.1) is 0 Å². The summed E-state index contributed by atoms with van der Waals surface area (Å²) in [5.74, 6) is 0.793. The number of methoxy groups -OCH3 is 2. The van der Waals surface area contributed by atoms with Crippen molar-refractivity contribution in [3.05, 3.63) is 70.8 Å². The standard InChI is InChI=1S/C24H25NO6/c1-15-11-21(31-23(15)26)22-18-13-20(29-3)19(28-2)12-17(18)9-10-25(22)24(27)30-14-16-7-5-4-6-8-16/h4-8,11-13,21-22H,9-10,14H2,1-3H3/t21-,22-/m0/s1. The molecule has 7 heteroatoms. The van der Waals surface area contributed by atoms with Crippen LogP contribution < -0.4 is 9.47 Å². The fourth-order valence-corrected chi connectivity index (χ4v) is 4.06. The van der Waals surface area contributed by atoms with Gasteiger partial charge in [0.25, 0.3) is 0 Å². The number of carbonyl (C=O) groups is 2. The Hall–Kier alpha value is -3.48. The third-order valence-corrected chi connectivity index (χ3v) is 5.65. The number of hydrogen-bond acceptors (Lipinski definition) is 6. The minimum Gasteiger partial charge on any atom is -0.493 e. The number of esters is 1. The average Bonchev–Trinajstić information content (AvgIpc) is 3.13. The molecule has 0 unspecified atom stereocenters. The Kier molecular flexibility index (Phi) is 5.84. The van der Waals surface area contributed by atoms with Crippen LogP contribution in [0.5, 0.6) is 11.5 Å². The van der Waals surface area contributed by atoms with Crippen molar-refractivity contribution in [1.29, 1.82) is 0 Å². The molecule has 0 fully saturated rings. The fourth-order valence-electron chi connectivity index (χ4n) is 4.06. The summed E-state index contributed by atoms with van der Waals surface area (Å²) in [7, 11) is 3.15. The summed E-state index contributed by atoms with van der Waals surface area (Å²) in [6, 6.07) is 12.8. The van der Waals surface area contributed by atoms with Gasteiger partial charge in [0, 0.05) is 12.1 Å². The maximum Gasteiger partial charge on any atom is 0.410 e. The summed E-state index contributed by atoms with van der Waals surface area (Å²) < 4.78 is 22.1. The van der Waals surface area contributed by atoms with E-state index in [1.54, 1.807) is 32.1 Å². The van der Waals surface area contributed by atoms with Gasteiger partial charge >= 0.3 is 12.1 Å². The second-order valence-corrected chi connectivity index (χ2v) is 7.55. The van der Waals surface area contributed by atoms with Gasteiger partial charge in [0.2, 0.25) is 0 Å². The minimum absolute atomic E-state index is 0.168. The van der Waals surface area contributed by atoms with Crippen molar-refractivity contribution in [2.24, 2.45) is 0 Å². The molecule has 2 heterocycles. The molecule has 0 radical (unpaired) electrons. The summed E-state index contributed by atoms with van der Waals surface area (Å²) in [5.41, 5.74) is 3.29. The maximum absolute atomic E-state index is 13.1. The lowest BCUT2D eigenvalue weighted by molar-refractivity contribution is -0.142. The Labute approximate surface area is 181 Å². The SMILES string of the molecule is COc1cc2c(cc1OC)[C@@H]([C@@H]1C=C(C)C(=O)O1)N(C(=O)OCc1ccccc1)CC2. The van der Waals surface area contributed by atoms with Crippen LogP contribution in [-0.4, -0.2) is 43.8 Å². The molecule has 0 N–H and O–H groups in total. The molecule has 2 aromatic rings. The summed E-state index contributed by atoms with van der Waals surface area (Å²) in [4.78, 5) is 26.8. The third kappa shape index (κ3) is 4.08. The van der Waals surface area contributed by atoms with E-state index in [0.29, 0.717) is 30.0 Å². The molecule has 31 heavy (non-hydrogen) atoms. The number of ether oxygens (including phenoxy) is 4. The highest BCUT2D eigenvalue weighted by atomic mass is 16.6. The first kappa shape index (κ1) is 20.8. The van der Waals surface area contributed by atoms with E-state index in [-0.39, 0.29) is 12.6 Å². The highest BCUT2D eigenvalue weighted by Crippen LogP contribution is 2.42. The van der Waals surface area contributed by atoms with Crippen LogP contribution in [0.4, 0.5) is 4.79 Å². The molecule has 0 aromatic heterocycles. The van der Waals surface area contributed by atoms with Crippen molar-refractivity contribution < 1.29 is 28.5 Å². The second kappa shape index (κ2) is 8.71. The van der Waals surface area contributed by atoms with Crippen molar-refractivity contribution in [2.45, 2.75) is 32.1 Å². The van der Waals surface area contributed by atoms with Crippen molar-refractivity contribution in [3.63, 3.8) is 0 Å². The first-order chi connectivity index (χ1) is 15.0. The molecular weight excluding hydrogens is 398 g/mol. The summed E-state index contributed by atoms with van der Waals surface area (Å²) in [5, 5.41) is 0. The Morgan fingerprint density at radius 1 is 1.13 bits per heavy atom. The number of rotatable bonds is 5. The lowest BCUT2D eigenvalue weighted by atomic mass is 9.88. The van der Waals surface area contributed by atoms with Gasteiger partial charge < -0.3 is 18.9 Å². The second-order valence-electron chi connectivity index (χ2n) is 7.55. The van der Waals surface area contributed by atoms with E-state index in [9.17, 15) is 9.59 Å². The van der Waals surface area contributed by atoms with Crippen molar-refractivity contribution in [1.82, 2.24) is 4.90 Å². The van der Waals surface area contributed by atoms with Crippen LogP contribution >= 0.6 is 0 Å². The Morgan fingerprint density at radius 2 is 1.84 bits per heavy atom. The Morgan fingerprint density at radius 3 is 2.48 bits per heavy atom. The Balaban J connectivity index is 1.67. The van der Waals surface area contributed by atoms with Crippen LogP contribution in [0.2, 0.25) is 0 Å². The number of carbonyl (C=O) groups excluding carboxylic acids is 2. The molecular formula is C24H25NO6. The number of hydrogen-bond donors (Lipinski definition) is 0. The summed E-state index contributed by atoms with van der Waals surface area (Å²) in [6.07, 6.45) is 1.32. The van der Waals surface area contributed by atoms with E-state index in [4.69, 9.17) is 18.9 Å². The minimum atomic E-state index is -0.603. The van der Waals surface area contributed by atoms with Crippen LogP contribution in [-0.2, 0) is 27.3 Å². The van der Waals surface area contributed by atoms with E-state index < -0.39 is 18.2 Å². The van der Waals surface area contributed by atoms with Gasteiger partial charge in [-0.1, -0.05) is 30.3 Å². The molecule has 0 spiro atoms. The van der Waals surface area contributed by atoms with E-state index in [1.807, 2.05) is 42.5 Å². The molecule has 1 amide bonds. The molecule has 2 aromatic carbocycles. The predicted molar refractivity (Wildman–Crippen MR) is 113 cm³/mol. The Bertz CT molecular complexity index is 1020. The van der Waals surface area contributed by atoms with E-state index in [2.05, 4.69) is 0 Å². The van der Waals surface area contributed by atoms with Gasteiger partial charge in [-0.2, -0.15) is 0 Å². The normalized spacial score (nSPS) is 19.9. The van der Waals surface area contributed by atoms with Crippen LogP contribution in [0.3, 0.4) is 0 Å². The highest BCUT2D eigenvalue weighted by Gasteiger charge is 2.41. The maximum atomic E-state index is 13.1. The van der Waals surface area contributed by atoms with Gasteiger partial charge in [-0.25, -0.2) is 9.59 Å². The smallest absolute Gasteiger partial charge is 0.410 e. The summed E-state index contributed by atoms with van der Waals surface area (Å²) in [6.45, 7) is 2.31. The lowest BCUT2D eigenvalue weighted by Crippen LogP contribution is -2.45. The van der Waals surface area contributed by atoms with Crippen LogP contribution in [0.15, 0.2) is 54.1 Å². The molecule has 0 aliphatic carbocycles. The van der Waals surface area contributed by atoms with Crippen LogP contribution in [0.25, 0.3) is 0 Å². The van der Waals surface area contributed by atoms with Gasteiger partial charge in [0.1, 0.15) is 18.8 Å². The molecule has 0 saturated heterocycles. The number of nitrogens with zero attached hydrogens (tertiary/aromatic N) is 1. The number of fused-ring (bicyclic) bond motifs is 1. The van der Waals surface area contributed by atoms with Gasteiger partial charge in [-0.3, -0.25) is 4.90 Å². The van der Waals surface area contributed by atoms with Crippen LogP contribution in [0, 0.1) is 0 Å². The molecule has 4 rings (SSSR count). The zero-order chi connectivity index (χ0) is 22.0. The highest BCUT2D eigenvalue weighted by molar-refractivity contribution is 5.90. The van der Waals surface area contributed by atoms with Crippen molar-refractivity contribution in [3.8, 4) is 11.5 Å². The van der Waals surface area contributed by atoms with Crippen molar-refractivity contribution in [2.75, 3.05) is 20.8 Å². The number of cyclic esters (lactones) is 1. The third-order valence-electron chi connectivity index (χ3n) is 5.65.